The van der Waals surface area contributed by atoms with Gasteiger partial charge in [-0.2, -0.15) is 0 Å². The maximum Gasteiger partial charge on any atom is 0.330 e. The van der Waals surface area contributed by atoms with Gasteiger partial charge in [-0.1, -0.05) is 48.5 Å². The molecule has 4 heteroatoms. The fourth-order valence-electron chi connectivity index (χ4n) is 2.16. The predicted octanol–water partition coefficient (Wildman–Crippen LogP) is 3.06. The van der Waals surface area contributed by atoms with Gasteiger partial charge in [0.2, 0.25) is 0 Å². The van der Waals surface area contributed by atoms with E-state index in [1.54, 1.807) is 42.7 Å². The molecule has 0 aliphatic carbocycles. The first kappa shape index (κ1) is 13.8. The van der Waals surface area contributed by atoms with Crippen molar-refractivity contribution in [2.75, 3.05) is 0 Å². The number of imidazole rings is 1. The average Bonchev–Trinajstić information content (AvgIpc) is 3.00. The van der Waals surface area contributed by atoms with Crippen molar-refractivity contribution in [3.8, 4) is 5.69 Å². The molecule has 3 rings (SSSR count). The van der Waals surface area contributed by atoms with Crippen molar-refractivity contribution in [3.05, 3.63) is 94.7 Å². The maximum absolute atomic E-state index is 12.2. The van der Waals surface area contributed by atoms with Crippen molar-refractivity contribution in [2.45, 2.75) is 0 Å². The molecule has 0 aliphatic heterocycles. The lowest BCUT2D eigenvalue weighted by Gasteiger charge is -2.03. The number of hydrogen-bond acceptors (Lipinski definition) is 2. The first-order valence-corrected chi connectivity index (χ1v) is 6.88. The molecule has 0 spiro atoms. The second-order valence-electron chi connectivity index (χ2n) is 4.79. The molecular formula is C18H14N2O2. The van der Waals surface area contributed by atoms with E-state index in [-0.39, 0.29) is 11.5 Å². The topological polar surface area (TPSA) is 54.9 Å². The molecular weight excluding hydrogens is 276 g/mol. The van der Waals surface area contributed by atoms with Gasteiger partial charge in [0.25, 0.3) is 0 Å². The number of aromatic amines is 1. The lowest BCUT2D eigenvalue weighted by molar-refractivity contribution is 0.104. The summed E-state index contributed by atoms with van der Waals surface area (Å²) in [5, 5.41) is 0. The molecule has 1 heterocycles. The molecule has 1 N–H and O–H groups in total. The SMILES string of the molecule is O=C(/C=C/c1ccccc1)c1cccc(-n2cc[nH]c2=O)c1. The van der Waals surface area contributed by atoms with Crippen LogP contribution >= 0.6 is 0 Å². The summed E-state index contributed by atoms with van der Waals surface area (Å²) in [5.74, 6) is -0.103. The fraction of sp³-hybridized carbons (Fsp3) is 0. The third-order valence-corrected chi connectivity index (χ3v) is 3.28. The minimum atomic E-state index is -0.232. The molecule has 0 aliphatic rings. The van der Waals surface area contributed by atoms with E-state index >= 15 is 0 Å². The van der Waals surface area contributed by atoms with Crippen molar-refractivity contribution in [1.82, 2.24) is 9.55 Å². The Balaban J connectivity index is 1.86. The number of carbonyl (C=O) groups is 1. The average molecular weight is 290 g/mol. The molecule has 0 saturated carbocycles. The van der Waals surface area contributed by atoms with Crippen LogP contribution in [-0.4, -0.2) is 15.3 Å². The molecule has 108 valence electrons. The first-order chi connectivity index (χ1) is 10.7. The van der Waals surface area contributed by atoms with Crippen LogP contribution < -0.4 is 5.69 Å². The largest absolute Gasteiger partial charge is 0.330 e. The molecule has 3 aromatic rings. The number of allylic oxidation sites excluding steroid dienone is 1. The summed E-state index contributed by atoms with van der Waals surface area (Å²) in [5.41, 5.74) is 1.93. The standard InChI is InChI=1S/C18H14N2O2/c21-17(10-9-14-5-2-1-3-6-14)15-7-4-8-16(13-15)20-12-11-19-18(20)22/h1-13H,(H,19,22)/b10-9+. The van der Waals surface area contributed by atoms with E-state index in [4.69, 9.17) is 0 Å². The van der Waals surface area contributed by atoms with E-state index in [0.717, 1.165) is 5.56 Å². The van der Waals surface area contributed by atoms with E-state index in [2.05, 4.69) is 4.98 Å². The number of nitrogens with one attached hydrogen (secondary N) is 1. The Labute approximate surface area is 127 Å². The minimum absolute atomic E-state index is 0.103. The highest BCUT2D eigenvalue weighted by Gasteiger charge is 2.05. The molecule has 0 fully saturated rings. The summed E-state index contributed by atoms with van der Waals surface area (Å²) >= 11 is 0. The Hall–Kier alpha value is -3.14. The molecule has 4 nitrogen and oxygen atoms in total. The van der Waals surface area contributed by atoms with Crippen LogP contribution in [0.5, 0.6) is 0 Å². The highest BCUT2D eigenvalue weighted by molar-refractivity contribution is 6.07. The van der Waals surface area contributed by atoms with Crippen LogP contribution in [0.2, 0.25) is 0 Å². The van der Waals surface area contributed by atoms with Gasteiger partial charge in [0.05, 0.1) is 5.69 Å². The van der Waals surface area contributed by atoms with Crippen LogP contribution in [0.25, 0.3) is 11.8 Å². The molecule has 0 bridgehead atoms. The Morgan fingerprint density at radius 3 is 2.59 bits per heavy atom. The van der Waals surface area contributed by atoms with Crippen LogP contribution in [0, 0.1) is 0 Å². The summed E-state index contributed by atoms with van der Waals surface area (Å²) in [6.45, 7) is 0. The summed E-state index contributed by atoms with van der Waals surface area (Å²) < 4.78 is 1.46. The van der Waals surface area contributed by atoms with E-state index in [1.165, 1.54) is 10.6 Å². The number of H-pyrrole nitrogens is 1. The Morgan fingerprint density at radius 1 is 1.05 bits per heavy atom. The van der Waals surface area contributed by atoms with Crippen molar-refractivity contribution < 1.29 is 4.79 Å². The highest BCUT2D eigenvalue weighted by atomic mass is 16.1. The number of aromatic nitrogens is 2. The maximum atomic E-state index is 12.2. The number of carbonyl (C=O) groups excluding carboxylic acids is 1. The Bertz CT molecular complexity index is 873. The highest BCUT2D eigenvalue weighted by Crippen LogP contribution is 2.11. The third-order valence-electron chi connectivity index (χ3n) is 3.28. The van der Waals surface area contributed by atoms with Gasteiger partial charge in [0.15, 0.2) is 5.78 Å². The van der Waals surface area contributed by atoms with Crippen LogP contribution in [0.3, 0.4) is 0 Å². The zero-order valence-corrected chi connectivity index (χ0v) is 11.8. The van der Waals surface area contributed by atoms with E-state index in [9.17, 15) is 9.59 Å². The Kier molecular flexibility index (Phi) is 3.83. The number of ketones is 1. The first-order valence-electron chi connectivity index (χ1n) is 6.88. The van der Waals surface area contributed by atoms with Gasteiger partial charge in [-0.25, -0.2) is 4.79 Å². The zero-order valence-electron chi connectivity index (χ0n) is 11.8. The number of hydrogen-bond donors (Lipinski definition) is 1. The summed E-state index contributed by atoms with van der Waals surface area (Å²) in [6, 6.07) is 16.6. The Morgan fingerprint density at radius 2 is 1.86 bits per heavy atom. The van der Waals surface area contributed by atoms with Crippen molar-refractivity contribution in [1.29, 1.82) is 0 Å². The second-order valence-corrected chi connectivity index (χ2v) is 4.79. The summed E-state index contributed by atoms with van der Waals surface area (Å²) in [7, 11) is 0. The predicted molar refractivity (Wildman–Crippen MR) is 86.2 cm³/mol. The van der Waals surface area contributed by atoms with Gasteiger partial charge in [-0.15, -0.1) is 0 Å². The van der Waals surface area contributed by atoms with Crippen LogP contribution in [0.4, 0.5) is 0 Å². The normalized spacial score (nSPS) is 10.9. The number of benzene rings is 2. The molecule has 2 aromatic carbocycles. The fourth-order valence-corrected chi connectivity index (χ4v) is 2.16. The molecule has 0 radical (unpaired) electrons. The van der Waals surface area contributed by atoms with Crippen LogP contribution in [-0.2, 0) is 0 Å². The summed E-state index contributed by atoms with van der Waals surface area (Å²) in [6.07, 6.45) is 6.50. The second kappa shape index (κ2) is 6.10. The lowest BCUT2D eigenvalue weighted by Crippen LogP contribution is -2.14. The molecule has 0 amide bonds. The van der Waals surface area contributed by atoms with E-state index in [0.29, 0.717) is 11.3 Å². The van der Waals surface area contributed by atoms with Gasteiger partial charge >= 0.3 is 5.69 Å². The molecule has 22 heavy (non-hydrogen) atoms. The van der Waals surface area contributed by atoms with Gasteiger partial charge in [0, 0.05) is 18.0 Å². The van der Waals surface area contributed by atoms with Crippen molar-refractivity contribution in [3.63, 3.8) is 0 Å². The van der Waals surface area contributed by atoms with Gasteiger partial charge in [0.1, 0.15) is 0 Å². The van der Waals surface area contributed by atoms with E-state index in [1.807, 2.05) is 30.3 Å². The number of nitrogens with zero attached hydrogens (tertiary/aromatic N) is 1. The molecule has 0 saturated heterocycles. The van der Waals surface area contributed by atoms with Gasteiger partial charge in [-0.05, 0) is 23.8 Å². The van der Waals surface area contributed by atoms with Crippen molar-refractivity contribution >= 4 is 11.9 Å². The van der Waals surface area contributed by atoms with Crippen molar-refractivity contribution in [2.24, 2.45) is 0 Å². The van der Waals surface area contributed by atoms with E-state index < -0.39 is 0 Å². The van der Waals surface area contributed by atoms with Crippen LogP contribution in [0.15, 0.2) is 77.9 Å². The third kappa shape index (κ3) is 2.96. The molecule has 0 atom stereocenters. The van der Waals surface area contributed by atoms with Gasteiger partial charge < -0.3 is 4.98 Å². The van der Waals surface area contributed by atoms with Crippen LogP contribution in [0.1, 0.15) is 15.9 Å². The molecule has 1 aromatic heterocycles. The number of rotatable bonds is 4. The summed E-state index contributed by atoms with van der Waals surface area (Å²) in [4.78, 5) is 26.4. The quantitative estimate of drug-likeness (QED) is 0.593. The lowest BCUT2D eigenvalue weighted by atomic mass is 10.1. The zero-order chi connectivity index (χ0) is 15.4. The monoisotopic (exact) mass is 290 g/mol. The molecule has 0 unspecified atom stereocenters. The smallest absolute Gasteiger partial charge is 0.312 e. The van der Waals surface area contributed by atoms with Gasteiger partial charge in [-0.3, -0.25) is 9.36 Å². The minimum Gasteiger partial charge on any atom is -0.312 e.